The maximum absolute atomic E-state index is 12.7. The number of para-hydroxylation sites is 1. The molecule has 0 fully saturated rings. The molecule has 0 aliphatic carbocycles. The van der Waals surface area contributed by atoms with Gasteiger partial charge in [0.15, 0.2) is 5.78 Å². The van der Waals surface area contributed by atoms with Crippen LogP contribution >= 0.6 is 0 Å². The third kappa shape index (κ3) is 4.57. The maximum atomic E-state index is 12.7. The topological polar surface area (TPSA) is 98.5 Å². The van der Waals surface area contributed by atoms with Crippen LogP contribution in [0.4, 0.5) is 5.69 Å². The van der Waals surface area contributed by atoms with E-state index in [0.29, 0.717) is 11.3 Å². The average Bonchev–Trinajstić information content (AvgIpc) is 2.64. The molecule has 134 valence electrons. The number of hydrogen-bond acceptors (Lipinski definition) is 5. The van der Waals surface area contributed by atoms with Crippen molar-refractivity contribution in [2.24, 2.45) is 0 Å². The van der Waals surface area contributed by atoms with E-state index in [4.69, 9.17) is 10.5 Å². The lowest BCUT2D eigenvalue weighted by Gasteiger charge is -2.11. The molecule has 2 aromatic rings. The largest absolute Gasteiger partial charge is 0.460 e. The van der Waals surface area contributed by atoms with E-state index in [1.54, 1.807) is 48.5 Å². The molecule has 0 aliphatic rings. The number of amides is 1. The number of nitrogens with two attached hydrogens (primary N) is 1. The number of ether oxygens (including phenoxy) is 1. The first-order valence-corrected chi connectivity index (χ1v) is 8.01. The first kappa shape index (κ1) is 18.9. The fraction of sp³-hybridized carbons (Fsp3) is 0.150. The molecule has 6 heteroatoms. The number of carbonyl (C=O) groups is 3. The minimum absolute atomic E-state index is 0.0131. The Labute approximate surface area is 151 Å². The highest BCUT2D eigenvalue weighted by Gasteiger charge is 2.19. The van der Waals surface area contributed by atoms with Crippen molar-refractivity contribution in [2.45, 2.75) is 6.92 Å². The molecule has 0 aromatic heterocycles. The van der Waals surface area contributed by atoms with Gasteiger partial charge in [-0.1, -0.05) is 36.9 Å². The van der Waals surface area contributed by atoms with Crippen LogP contribution in [0.5, 0.6) is 0 Å². The van der Waals surface area contributed by atoms with Crippen LogP contribution in [0, 0.1) is 0 Å². The zero-order chi connectivity index (χ0) is 19.1. The van der Waals surface area contributed by atoms with Crippen molar-refractivity contribution in [3.05, 3.63) is 77.4 Å². The number of ketones is 1. The van der Waals surface area contributed by atoms with Gasteiger partial charge in [0.05, 0.1) is 12.1 Å². The van der Waals surface area contributed by atoms with Crippen LogP contribution in [0.25, 0.3) is 0 Å². The summed E-state index contributed by atoms with van der Waals surface area (Å²) in [6.07, 6.45) is 0. The predicted molar refractivity (Wildman–Crippen MR) is 98.8 cm³/mol. The molecule has 0 spiro atoms. The Balaban J connectivity index is 2.10. The monoisotopic (exact) mass is 352 g/mol. The van der Waals surface area contributed by atoms with Gasteiger partial charge in [0.1, 0.15) is 6.61 Å². The summed E-state index contributed by atoms with van der Waals surface area (Å²) in [5.74, 6) is -1.29. The van der Waals surface area contributed by atoms with Crippen LogP contribution < -0.4 is 11.1 Å². The number of nitrogens with one attached hydrogen (secondary N) is 1. The lowest BCUT2D eigenvalue weighted by Crippen LogP contribution is -2.29. The van der Waals surface area contributed by atoms with E-state index >= 15 is 0 Å². The Hall–Kier alpha value is -3.41. The molecule has 0 aliphatic heterocycles. The Morgan fingerprint density at radius 1 is 1.00 bits per heavy atom. The van der Waals surface area contributed by atoms with Gasteiger partial charge in [-0.15, -0.1) is 0 Å². The third-order valence-corrected chi connectivity index (χ3v) is 3.59. The molecule has 0 bridgehead atoms. The van der Waals surface area contributed by atoms with Gasteiger partial charge in [-0.25, -0.2) is 4.79 Å². The molecule has 0 heterocycles. The average molecular weight is 352 g/mol. The molecule has 0 unspecified atom stereocenters. The molecule has 2 rings (SSSR count). The summed E-state index contributed by atoms with van der Waals surface area (Å²) in [6.45, 7) is 5.15. The SMILES string of the molecule is C=C(C)C(=O)OCCNC(=O)c1ccccc1C(=O)c1ccccc1N. The van der Waals surface area contributed by atoms with Crippen molar-refractivity contribution in [3.63, 3.8) is 0 Å². The predicted octanol–water partition coefficient (Wildman–Crippen LogP) is 2.35. The quantitative estimate of drug-likeness (QED) is 0.262. The number of benzene rings is 2. The molecule has 2 aromatic carbocycles. The van der Waals surface area contributed by atoms with Crippen LogP contribution in [0.15, 0.2) is 60.7 Å². The highest BCUT2D eigenvalue weighted by Crippen LogP contribution is 2.19. The van der Waals surface area contributed by atoms with Gasteiger partial charge in [-0.05, 0) is 25.1 Å². The molecule has 0 radical (unpaired) electrons. The summed E-state index contributed by atoms with van der Waals surface area (Å²) in [4.78, 5) is 36.5. The molecule has 3 N–H and O–H groups in total. The van der Waals surface area contributed by atoms with Crippen molar-refractivity contribution in [3.8, 4) is 0 Å². The lowest BCUT2D eigenvalue weighted by molar-refractivity contribution is -0.138. The molecule has 26 heavy (non-hydrogen) atoms. The number of esters is 1. The van der Waals surface area contributed by atoms with E-state index < -0.39 is 11.9 Å². The summed E-state index contributed by atoms with van der Waals surface area (Å²) in [6, 6.07) is 13.2. The summed E-state index contributed by atoms with van der Waals surface area (Å²) in [5.41, 5.74) is 7.31. The highest BCUT2D eigenvalue weighted by molar-refractivity contribution is 6.17. The normalized spacial score (nSPS) is 10.0. The zero-order valence-corrected chi connectivity index (χ0v) is 14.5. The summed E-state index contributed by atoms with van der Waals surface area (Å²) >= 11 is 0. The van der Waals surface area contributed by atoms with Crippen LogP contribution in [0.3, 0.4) is 0 Å². The third-order valence-electron chi connectivity index (χ3n) is 3.59. The number of carbonyl (C=O) groups excluding carboxylic acids is 3. The number of anilines is 1. The van der Waals surface area contributed by atoms with Crippen LogP contribution in [-0.2, 0) is 9.53 Å². The van der Waals surface area contributed by atoms with Gasteiger partial charge < -0.3 is 15.8 Å². The van der Waals surface area contributed by atoms with E-state index in [2.05, 4.69) is 11.9 Å². The van der Waals surface area contributed by atoms with Crippen LogP contribution in [0.2, 0.25) is 0 Å². The molecule has 0 saturated heterocycles. The van der Waals surface area contributed by atoms with Crippen LogP contribution in [-0.4, -0.2) is 30.8 Å². The molecular weight excluding hydrogens is 332 g/mol. The number of nitrogen functional groups attached to an aromatic ring is 1. The van der Waals surface area contributed by atoms with Crippen molar-refractivity contribution < 1.29 is 19.1 Å². The molecule has 0 saturated carbocycles. The summed E-state index contributed by atoms with van der Waals surface area (Å²) in [7, 11) is 0. The Kier molecular flexibility index (Phi) is 6.27. The Bertz CT molecular complexity index is 858. The van der Waals surface area contributed by atoms with Crippen molar-refractivity contribution in [1.29, 1.82) is 0 Å². The van der Waals surface area contributed by atoms with Gasteiger partial charge in [0, 0.05) is 22.4 Å². The molecule has 1 amide bonds. The van der Waals surface area contributed by atoms with Gasteiger partial charge in [-0.3, -0.25) is 9.59 Å². The fourth-order valence-electron chi connectivity index (χ4n) is 2.25. The molecular formula is C20H20N2O4. The van der Waals surface area contributed by atoms with E-state index in [1.807, 2.05) is 0 Å². The second-order valence-electron chi connectivity index (χ2n) is 5.63. The first-order chi connectivity index (χ1) is 12.4. The second kappa shape index (κ2) is 8.62. The Morgan fingerprint density at radius 2 is 1.58 bits per heavy atom. The zero-order valence-electron chi connectivity index (χ0n) is 14.5. The van der Waals surface area contributed by atoms with Gasteiger partial charge in [0.25, 0.3) is 5.91 Å². The molecule has 6 nitrogen and oxygen atoms in total. The van der Waals surface area contributed by atoms with Crippen molar-refractivity contribution in [1.82, 2.24) is 5.32 Å². The van der Waals surface area contributed by atoms with Gasteiger partial charge in [0.2, 0.25) is 0 Å². The minimum atomic E-state index is -0.519. The minimum Gasteiger partial charge on any atom is -0.460 e. The van der Waals surface area contributed by atoms with E-state index in [9.17, 15) is 14.4 Å². The first-order valence-electron chi connectivity index (χ1n) is 8.01. The number of rotatable bonds is 7. The van der Waals surface area contributed by atoms with E-state index in [1.165, 1.54) is 6.92 Å². The standard InChI is InChI=1S/C20H20N2O4/c1-13(2)20(25)26-12-11-22-19(24)15-8-4-3-7-14(15)18(23)16-9-5-6-10-17(16)21/h3-10H,1,11-12,21H2,2H3,(H,22,24). The van der Waals surface area contributed by atoms with Crippen LogP contribution in [0.1, 0.15) is 33.2 Å². The van der Waals surface area contributed by atoms with E-state index in [0.717, 1.165) is 0 Å². The second-order valence-corrected chi connectivity index (χ2v) is 5.63. The highest BCUT2D eigenvalue weighted by atomic mass is 16.5. The molecule has 0 atom stereocenters. The van der Waals surface area contributed by atoms with E-state index in [-0.39, 0.29) is 35.6 Å². The van der Waals surface area contributed by atoms with Crippen molar-refractivity contribution in [2.75, 3.05) is 18.9 Å². The van der Waals surface area contributed by atoms with Gasteiger partial charge >= 0.3 is 5.97 Å². The number of hydrogen-bond donors (Lipinski definition) is 2. The van der Waals surface area contributed by atoms with Crippen molar-refractivity contribution >= 4 is 23.3 Å². The Morgan fingerprint density at radius 3 is 2.19 bits per heavy atom. The summed E-state index contributed by atoms with van der Waals surface area (Å²) < 4.78 is 4.92. The maximum Gasteiger partial charge on any atom is 0.333 e. The fourth-order valence-corrected chi connectivity index (χ4v) is 2.25. The summed E-state index contributed by atoms with van der Waals surface area (Å²) in [5, 5.41) is 2.63. The van der Waals surface area contributed by atoms with Gasteiger partial charge in [-0.2, -0.15) is 0 Å². The smallest absolute Gasteiger partial charge is 0.333 e. The lowest BCUT2D eigenvalue weighted by atomic mass is 9.97.